The van der Waals surface area contributed by atoms with E-state index in [9.17, 15) is 0 Å². The molecule has 0 saturated heterocycles. The van der Waals surface area contributed by atoms with Gasteiger partial charge in [-0.05, 0) is 24.3 Å². The summed E-state index contributed by atoms with van der Waals surface area (Å²) in [4.78, 5) is 21.6. The normalized spacial score (nSPS) is 10.1. The Labute approximate surface area is 89.1 Å². The van der Waals surface area contributed by atoms with Crippen molar-refractivity contribution < 1.29 is 19.2 Å². The van der Waals surface area contributed by atoms with Gasteiger partial charge in [-0.25, -0.2) is 4.57 Å². The van der Waals surface area contributed by atoms with Gasteiger partial charge >= 0.3 is 7.82 Å². The average Bonchev–Trinajstić information content (AvgIpc) is 2.03. The van der Waals surface area contributed by atoms with Crippen LogP contribution < -0.4 is 11.3 Å². The Morgan fingerprint density at radius 3 is 1.86 bits per heavy atom. The van der Waals surface area contributed by atoms with Gasteiger partial charge in [0.15, 0.2) is 0 Å². The second-order valence-electron chi connectivity index (χ2n) is 2.16. The Balaban J connectivity index is 0.000000292. The van der Waals surface area contributed by atoms with E-state index < -0.39 is 7.82 Å². The Kier molecular flexibility index (Phi) is 5.94. The summed E-state index contributed by atoms with van der Waals surface area (Å²) in [6, 6.07) is 7.64. The molecule has 6 nitrogen and oxygen atoms in total. The fourth-order valence-electron chi connectivity index (χ4n) is 0.546. The molecular weight excluding hydrogens is 275 g/mol. The van der Waals surface area contributed by atoms with Gasteiger partial charge in [-0.15, -0.1) is 0 Å². The molecular formula is C6H10BrN2O4P. The molecule has 0 aliphatic rings. The first kappa shape index (κ1) is 13.6. The zero-order valence-corrected chi connectivity index (χ0v) is 9.44. The lowest BCUT2D eigenvalue weighted by Crippen LogP contribution is -2.05. The molecule has 0 unspecified atom stereocenters. The van der Waals surface area contributed by atoms with Crippen LogP contribution in [0.5, 0.6) is 0 Å². The van der Waals surface area contributed by atoms with Crippen LogP contribution in [0, 0.1) is 0 Å². The summed E-state index contributed by atoms with van der Waals surface area (Å²) >= 11 is 3.31. The molecule has 14 heavy (non-hydrogen) atoms. The summed E-state index contributed by atoms with van der Waals surface area (Å²) in [6.45, 7) is 0. The van der Waals surface area contributed by atoms with E-state index in [1.165, 1.54) is 0 Å². The number of nitrogens with one attached hydrogen (secondary N) is 1. The molecule has 0 aliphatic heterocycles. The number of hydrogen-bond donors (Lipinski definition) is 5. The largest absolute Gasteiger partial charge is 0.466 e. The van der Waals surface area contributed by atoms with E-state index in [0.717, 1.165) is 10.2 Å². The number of nitrogen functional groups attached to an aromatic ring is 1. The predicted octanol–water partition coefficient (Wildman–Crippen LogP) is 0.806. The van der Waals surface area contributed by atoms with Gasteiger partial charge in [0.25, 0.3) is 0 Å². The maximum absolute atomic E-state index is 8.88. The van der Waals surface area contributed by atoms with Gasteiger partial charge in [-0.1, -0.05) is 15.9 Å². The lowest BCUT2D eigenvalue weighted by Gasteiger charge is -1.96. The topological polar surface area (TPSA) is 116 Å². The van der Waals surface area contributed by atoms with Gasteiger partial charge in [0, 0.05) is 10.2 Å². The highest BCUT2D eigenvalue weighted by Gasteiger charge is 2.00. The third kappa shape index (κ3) is 9.66. The molecule has 1 aromatic carbocycles. The number of nitrogens with two attached hydrogens (primary N) is 1. The highest BCUT2D eigenvalue weighted by Crippen LogP contribution is 2.25. The van der Waals surface area contributed by atoms with E-state index in [-0.39, 0.29) is 0 Å². The number of rotatable bonds is 1. The van der Waals surface area contributed by atoms with Crippen molar-refractivity contribution in [1.82, 2.24) is 0 Å². The van der Waals surface area contributed by atoms with Crippen molar-refractivity contribution in [2.24, 2.45) is 5.84 Å². The molecule has 0 aromatic heterocycles. The summed E-state index contributed by atoms with van der Waals surface area (Å²) in [5, 5.41) is 0. The van der Waals surface area contributed by atoms with Crippen LogP contribution in [-0.4, -0.2) is 14.7 Å². The van der Waals surface area contributed by atoms with Crippen molar-refractivity contribution in [3.63, 3.8) is 0 Å². The Bertz CT molecular complexity index is 304. The molecule has 0 amide bonds. The lowest BCUT2D eigenvalue weighted by atomic mass is 10.3. The second kappa shape index (κ2) is 6.13. The minimum Gasteiger partial charge on any atom is -0.324 e. The number of hydrogen-bond acceptors (Lipinski definition) is 3. The number of anilines is 1. The maximum Gasteiger partial charge on any atom is 0.466 e. The molecule has 0 radical (unpaired) electrons. The Morgan fingerprint density at radius 2 is 1.57 bits per heavy atom. The standard InChI is InChI=1S/C6H7BrN2.H3O4P/c7-5-1-3-6(9-8)4-2-5;1-5(2,3)4/h1-4,9H,8H2;(H3,1,2,3,4). The van der Waals surface area contributed by atoms with E-state index >= 15 is 0 Å². The smallest absolute Gasteiger partial charge is 0.324 e. The van der Waals surface area contributed by atoms with Crippen LogP contribution in [0.4, 0.5) is 5.69 Å². The van der Waals surface area contributed by atoms with E-state index in [1.807, 2.05) is 24.3 Å². The van der Waals surface area contributed by atoms with Crippen LogP contribution in [0.25, 0.3) is 0 Å². The maximum atomic E-state index is 8.88. The first-order chi connectivity index (χ1) is 6.33. The monoisotopic (exact) mass is 284 g/mol. The third-order valence-corrected chi connectivity index (χ3v) is 1.54. The fraction of sp³-hybridized carbons (Fsp3) is 0. The summed E-state index contributed by atoms with van der Waals surface area (Å²) < 4.78 is 9.94. The first-order valence-corrected chi connectivity index (χ1v) is 5.69. The summed E-state index contributed by atoms with van der Waals surface area (Å²) in [7, 11) is -4.64. The van der Waals surface area contributed by atoms with Crippen molar-refractivity contribution in [1.29, 1.82) is 0 Å². The zero-order chi connectivity index (χ0) is 11.2. The highest BCUT2D eigenvalue weighted by atomic mass is 79.9. The molecule has 0 bridgehead atoms. The van der Waals surface area contributed by atoms with Crippen LogP contribution >= 0.6 is 23.8 Å². The minimum atomic E-state index is -4.64. The highest BCUT2D eigenvalue weighted by molar-refractivity contribution is 9.10. The molecule has 0 aliphatic carbocycles. The van der Waals surface area contributed by atoms with Crippen molar-refractivity contribution in [3.8, 4) is 0 Å². The molecule has 0 atom stereocenters. The SMILES string of the molecule is NNc1ccc(Br)cc1.O=P(O)(O)O. The van der Waals surface area contributed by atoms with E-state index in [0.29, 0.717) is 0 Å². The molecule has 6 N–H and O–H groups in total. The zero-order valence-electron chi connectivity index (χ0n) is 6.96. The Hall–Kier alpha value is -0.430. The number of phosphoric acid groups is 1. The van der Waals surface area contributed by atoms with Crippen molar-refractivity contribution in [2.45, 2.75) is 0 Å². The summed E-state index contributed by atoms with van der Waals surface area (Å²) in [5.41, 5.74) is 3.45. The number of halogens is 1. The van der Waals surface area contributed by atoms with Crippen molar-refractivity contribution >= 4 is 29.4 Å². The van der Waals surface area contributed by atoms with Crippen LogP contribution in [-0.2, 0) is 4.57 Å². The number of hydrazine groups is 1. The predicted molar refractivity (Wildman–Crippen MR) is 56.2 cm³/mol. The summed E-state index contributed by atoms with van der Waals surface area (Å²) in [5.74, 6) is 5.13. The van der Waals surface area contributed by atoms with Gasteiger partial charge in [-0.3, -0.25) is 5.84 Å². The molecule has 80 valence electrons. The molecule has 8 heteroatoms. The van der Waals surface area contributed by atoms with Gasteiger partial charge in [-0.2, -0.15) is 0 Å². The molecule has 0 spiro atoms. The van der Waals surface area contributed by atoms with Crippen LogP contribution in [0.3, 0.4) is 0 Å². The average molecular weight is 285 g/mol. The van der Waals surface area contributed by atoms with E-state index in [4.69, 9.17) is 25.1 Å². The van der Waals surface area contributed by atoms with E-state index in [1.54, 1.807) is 0 Å². The fourth-order valence-corrected chi connectivity index (χ4v) is 0.810. The molecule has 0 fully saturated rings. The van der Waals surface area contributed by atoms with Gasteiger partial charge in [0.2, 0.25) is 0 Å². The van der Waals surface area contributed by atoms with Gasteiger partial charge in [0.1, 0.15) is 0 Å². The molecule has 0 saturated carbocycles. The van der Waals surface area contributed by atoms with Crippen LogP contribution in [0.2, 0.25) is 0 Å². The van der Waals surface area contributed by atoms with Gasteiger partial charge in [0.05, 0.1) is 0 Å². The summed E-state index contributed by atoms with van der Waals surface area (Å²) in [6.07, 6.45) is 0. The van der Waals surface area contributed by atoms with E-state index in [2.05, 4.69) is 21.4 Å². The van der Waals surface area contributed by atoms with Crippen LogP contribution in [0.1, 0.15) is 0 Å². The molecule has 1 aromatic rings. The quantitative estimate of drug-likeness (QED) is 0.296. The first-order valence-electron chi connectivity index (χ1n) is 3.33. The van der Waals surface area contributed by atoms with Crippen molar-refractivity contribution in [3.05, 3.63) is 28.7 Å². The third-order valence-electron chi connectivity index (χ3n) is 1.01. The second-order valence-corrected chi connectivity index (χ2v) is 4.11. The lowest BCUT2D eigenvalue weighted by molar-refractivity contribution is 0.275. The van der Waals surface area contributed by atoms with Crippen molar-refractivity contribution in [2.75, 3.05) is 5.43 Å². The minimum absolute atomic E-state index is 0.915. The molecule has 1 rings (SSSR count). The van der Waals surface area contributed by atoms with Crippen LogP contribution in [0.15, 0.2) is 28.7 Å². The number of benzene rings is 1. The van der Waals surface area contributed by atoms with Gasteiger partial charge < -0.3 is 20.1 Å². The molecule has 0 heterocycles. The Morgan fingerprint density at radius 1 is 1.21 bits per heavy atom.